The van der Waals surface area contributed by atoms with Crippen molar-refractivity contribution in [2.24, 2.45) is 0 Å². The van der Waals surface area contributed by atoms with E-state index in [0.717, 1.165) is 17.8 Å². The molecule has 0 aliphatic heterocycles. The van der Waals surface area contributed by atoms with Gasteiger partial charge in [-0.2, -0.15) is 0 Å². The zero-order valence-electron chi connectivity index (χ0n) is 10.2. The van der Waals surface area contributed by atoms with E-state index >= 15 is 0 Å². The Kier molecular flexibility index (Phi) is 3.28. The molecular formula is C14H17N3. The number of hydrogen-bond acceptors (Lipinski definition) is 3. The molecule has 0 saturated carbocycles. The summed E-state index contributed by atoms with van der Waals surface area (Å²) in [7, 11) is 0. The van der Waals surface area contributed by atoms with Crippen molar-refractivity contribution in [3.05, 3.63) is 47.8 Å². The van der Waals surface area contributed by atoms with Crippen LogP contribution in [0.15, 0.2) is 36.7 Å². The van der Waals surface area contributed by atoms with Gasteiger partial charge in [0.1, 0.15) is 0 Å². The second-order valence-corrected chi connectivity index (χ2v) is 4.13. The van der Waals surface area contributed by atoms with E-state index < -0.39 is 0 Å². The van der Waals surface area contributed by atoms with Crippen molar-refractivity contribution in [3.63, 3.8) is 0 Å². The maximum Gasteiger partial charge on any atom is 0.0591 e. The molecule has 0 fully saturated rings. The van der Waals surface area contributed by atoms with Gasteiger partial charge in [0.2, 0.25) is 0 Å². The third kappa shape index (κ3) is 2.75. The standard InChI is InChI=1S/C14H17N3/c1-3-11-4-5-13(6-10(11)2)17-14-7-12(15)8-16-9-14/h4-9,17H,3,15H2,1-2H3. The molecule has 0 bridgehead atoms. The Morgan fingerprint density at radius 2 is 2.00 bits per heavy atom. The van der Waals surface area contributed by atoms with Crippen LogP contribution in [-0.4, -0.2) is 4.98 Å². The van der Waals surface area contributed by atoms with Crippen LogP contribution in [0.3, 0.4) is 0 Å². The maximum atomic E-state index is 5.69. The van der Waals surface area contributed by atoms with Gasteiger partial charge in [-0.1, -0.05) is 13.0 Å². The molecule has 0 amide bonds. The topological polar surface area (TPSA) is 50.9 Å². The smallest absolute Gasteiger partial charge is 0.0591 e. The second-order valence-electron chi connectivity index (χ2n) is 4.13. The highest BCUT2D eigenvalue weighted by Crippen LogP contribution is 2.20. The third-order valence-corrected chi connectivity index (χ3v) is 2.77. The van der Waals surface area contributed by atoms with Gasteiger partial charge >= 0.3 is 0 Å². The molecule has 0 aliphatic carbocycles. The average Bonchev–Trinajstić information content (AvgIpc) is 2.29. The van der Waals surface area contributed by atoms with E-state index in [1.54, 1.807) is 12.4 Å². The Bertz CT molecular complexity index is 521. The number of aryl methyl sites for hydroxylation is 2. The first-order valence-electron chi connectivity index (χ1n) is 5.76. The fraction of sp³-hybridized carbons (Fsp3) is 0.214. The number of rotatable bonds is 3. The van der Waals surface area contributed by atoms with Crippen LogP contribution < -0.4 is 11.1 Å². The molecule has 1 aromatic carbocycles. The molecule has 3 heteroatoms. The van der Waals surface area contributed by atoms with Crippen molar-refractivity contribution < 1.29 is 0 Å². The number of aromatic nitrogens is 1. The van der Waals surface area contributed by atoms with E-state index in [9.17, 15) is 0 Å². The van der Waals surface area contributed by atoms with Crippen LogP contribution >= 0.6 is 0 Å². The Morgan fingerprint density at radius 3 is 2.65 bits per heavy atom. The Labute approximate surface area is 102 Å². The van der Waals surface area contributed by atoms with Crippen molar-refractivity contribution >= 4 is 17.1 Å². The number of benzene rings is 1. The zero-order valence-corrected chi connectivity index (χ0v) is 10.2. The van der Waals surface area contributed by atoms with Gasteiger partial charge in [-0.15, -0.1) is 0 Å². The van der Waals surface area contributed by atoms with E-state index in [1.165, 1.54) is 11.1 Å². The second kappa shape index (κ2) is 4.87. The molecule has 0 saturated heterocycles. The van der Waals surface area contributed by atoms with Crippen LogP contribution in [0.25, 0.3) is 0 Å². The van der Waals surface area contributed by atoms with Crippen molar-refractivity contribution in [2.45, 2.75) is 20.3 Å². The van der Waals surface area contributed by atoms with Crippen molar-refractivity contribution in [1.29, 1.82) is 0 Å². The first kappa shape index (κ1) is 11.5. The van der Waals surface area contributed by atoms with Gasteiger partial charge in [-0.05, 0) is 42.7 Å². The summed E-state index contributed by atoms with van der Waals surface area (Å²) in [5, 5.41) is 3.29. The largest absolute Gasteiger partial charge is 0.397 e. The van der Waals surface area contributed by atoms with E-state index in [0.29, 0.717) is 5.69 Å². The molecule has 88 valence electrons. The van der Waals surface area contributed by atoms with Gasteiger partial charge in [0.15, 0.2) is 0 Å². The van der Waals surface area contributed by atoms with E-state index in [1.807, 2.05) is 6.07 Å². The van der Waals surface area contributed by atoms with E-state index in [-0.39, 0.29) is 0 Å². The lowest BCUT2D eigenvalue weighted by Gasteiger charge is -2.09. The third-order valence-electron chi connectivity index (χ3n) is 2.77. The number of hydrogen-bond donors (Lipinski definition) is 2. The van der Waals surface area contributed by atoms with Crippen LogP contribution in [0.2, 0.25) is 0 Å². The predicted octanol–water partition coefficient (Wildman–Crippen LogP) is 3.28. The molecule has 2 aromatic rings. The van der Waals surface area contributed by atoms with Crippen molar-refractivity contribution in [1.82, 2.24) is 4.98 Å². The summed E-state index contributed by atoms with van der Waals surface area (Å²) in [6, 6.07) is 8.24. The Morgan fingerprint density at radius 1 is 1.18 bits per heavy atom. The minimum absolute atomic E-state index is 0.664. The van der Waals surface area contributed by atoms with E-state index in [4.69, 9.17) is 5.73 Å². The van der Waals surface area contributed by atoms with Crippen molar-refractivity contribution in [3.8, 4) is 0 Å². The first-order valence-corrected chi connectivity index (χ1v) is 5.76. The minimum atomic E-state index is 0.664. The number of nitrogen functional groups attached to an aromatic ring is 1. The van der Waals surface area contributed by atoms with Gasteiger partial charge < -0.3 is 11.1 Å². The van der Waals surface area contributed by atoms with Gasteiger partial charge in [0.25, 0.3) is 0 Å². The number of nitrogens with two attached hydrogens (primary N) is 1. The molecule has 0 aliphatic rings. The lowest BCUT2D eigenvalue weighted by atomic mass is 10.1. The normalized spacial score (nSPS) is 10.2. The molecule has 0 radical (unpaired) electrons. The molecule has 3 nitrogen and oxygen atoms in total. The number of pyridine rings is 1. The van der Waals surface area contributed by atoms with Gasteiger partial charge in [0.05, 0.1) is 17.6 Å². The fourth-order valence-corrected chi connectivity index (χ4v) is 1.86. The Balaban J connectivity index is 2.22. The van der Waals surface area contributed by atoms with Gasteiger partial charge in [0, 0.05) is 11.9 Å². The van der Waals surface area contributed by atoms with Gasteiger partial charge in [-0.3, -0.25) is 4.98 Å². The number of nitrogens with one attached hydrogen (secondary N) is 1. The molecule has 0 atom stereocenters. The molecule has 1 aromatic heterocycles. The van der Waals surface area contributed by atoms with E-state index in [2.05, 4.69) is 42.3 Å². The summed E-state index contributed by atoms with van der Waals surface area (Å²) in [6.45, 7) is 4.29. The number of nitrogens with zero attached hydrogens (tertiary/aromatic N) is 1. The average molecular weight is 227 g/mol. The number of anilines is 3. The molecule has 17 heavy (non-hydrogen) atoms. The molecule has 0 spiro atoms. The molecule has 3 N–H and O–H groups in total. The zero-order chi connectivity index (χ0) is 12.3. The highest BCUT2D eigenvalue weighted by atomic mass is 14.9. The summed E-state index contributed by atoms with van der Waals surface area (Å²) in [5.74, 6) is 0. The summed E-state index contributed by atoms with van der Waals surface area (Å²) >= 11 is 0. The molecular weight excluding hydrogens is 210 g/mol. The summed E-state index contributed by atoms with van der Waals surface area (Å²) in [5.41, 5.74) is 11.0. The summed E-state index contributed by atoms with van der Waals surface area (Å²) < 4.78 is 0. The van der Waals surface area contributed by atoms with Crippen LogP contribution in [0.1, 0.15) is 18.1 Å². The quantitative estimate of drug-likeness (QED) is 0.846. The fourth-order valence-electron chi connectivity index (χ4n) is 1.86. The summed E-state index contributed by atoms with van der Waals surface area (Å²) in [4.78, 5) is 4.05. The van der Waals surface area contributed by atoms with Crippen LogP contribution in [0.5, 0.6) is 0 Å². The first-order chi connectivity index (χ1) is 8.19. The summed E-state index contributed by atoms with van der Waals surface area (Å²) in [6.07, 6.45) is 4.46. The predicted molar refractivity (Wildman–Crippen MR) is 72.5 cm³/mol. The van der Waals surface area contributed by atoms with Crippen LogP contribution in [-0.2, 0) is 6.42 Å². The molecule has 2 rings (SSSR count). The van der Waals surface area contributed by atoms with Crippen LogP contribution in [0.4, 0.5) is 17.1 Å². The SMILES string of the molecule is CCc1ccc(Nc2cncc(N)c2)cc1C. The highest BCUT2D eigenvalue weighted by Gasteiger charge is 1.99. The Hall–Kier alpha value is -2.03. The van der Waals surface area contributed by atoms with Crippen LogP contribution in [0, 0.1) is 6.92 Å². The minimum Gasteiger partial charge on any atom is -0.397 e. The maximum absolute atomic E-state index is 5.69. The molecule has 0 unspecified atom stereocenters. The lowest BCUT2D eigenvalue weighted by molar-refractivity contribution is 1.11. The lowest BCUT2D eigenvalue weighted by Crippen LogP contribution is -1.95. The van der Waals surface area contributed by atoms with Crippen molar-refractivity contribution in [2.75, 3.05) is 11.1 Å². The molecule has 1 heterocycles. The highest BCUT2D eigenvalue weighted by molar-refractivity contribution is 5.63. The monoisotopic (exact) mass is 227 g/mol. The van der Waals surface area contributed by atoms with Gasteiger partial charge in [-0.25, -0.2) is 0 Å².